The van der Waals surface area contributed by atoms with Crippen molar-refractivity contribution >= 4 is 0 Å². The standard InChI is InChI=1S/C18H19F3N2O3/c19-18(20,21)13-5-3-4-12(10-13)8-9-22-15(24)11-16(25)23(17(22)26)14-6-1-2-7-14/h3-5,10-11,14,24H,1-2,6-9H2. The van der Waals surface area contributed by atoms with E-state index in [1.807, 2.05) is 0 Å². The van der Waals surface area contributed by atoms with E-state index in [-0.39, 0.29) is 19.0 Å². The molecule has 0 saturated heterocycles. The van der Waals surface area contributed by atoms with Crippen molar-refractivity contribution in [1.82, 2.24) is 9.13 Å². The molecule has 140 valence electrons. The van der Waals surface area contributed by atoms with Crippen LogP contribution in [0.5, 0.6) is 5.88 Å². The molecule has 0 unspecified atom stereocenters. The molecule has 1 heterocycles. The highest BCUT2D eigenvalue weighted by molar-refractivity contribution is 5.25. The summed E-state index contributed by atoms with van der Waals surface area (Å²) in [6.07, 6.45) is -0.991. The SMILES string of the molecule is O=c1cc(O)n(CCc2cccc(C(F)(F)F)c2)c(=O)n1C1CCCC1. The van der Waals surface area contributed by atoms with Crippen molar-refractivity contribution in [2.45, 2.75) is 50.9 Å². The van der Waals surface area contributed by atoms with Crippen LogP contribution < -0.4 is 11.2 Å². The van der Waals surface area contributed by atoms with Gasteiger partial charge in [-0.05, 0) is 30.9 Å². The van der Waals surface area contributed by atoms with Crippen molar-refractivity contribution in [1.29, 1.82) is 0 Å². The second-order valence-electron chi connectivity index (χ2n) is 6.53. The van der Waals surface area contributed by atoms with E-state index in [1.165, 1.54) is 12.1 Å². The lowest BCUT2D eigenvalue weighted by molar-refractivity contribution is -0.137. The Balaban J connectivity index is 1.88. The number of hydrogen-bond donors (Lipinski definition) is 1. The predicted molar refractivity (Wildman–Crippen MR) is 89.3 cm³/mol. The van der Waals surface area contributed by atoms with E-state index in [0.717, 1.165) is 53.0 Å². The summed E-state index contributed by atoms with van der Waals surface area (Å²) in [5, 5.41) is 9.97. The molecule has 1 N–H and O–H groups in total. The molecule has 8 heteroatoms. The molecular formula is C18H19F3N2O3. The number of rotatable bonds is 4. The largest absolute Gasteiger partial charge is 0.494 e. The molecule has 1 fully saturated rings. The van der Waals surface area contributed by atoms with Crippen LogP contribution in [0, 0.1) is 0 Å². The molecular weight excluding hydrogens is 349 g/mol. The zero-order chi connectivity index (χ0) is 18.9. The van der Waals surface area contributed by atoms with Crippen molar-refractivity contribution in [3.63, 3.8) is 0 Å². The van der Waals surface area contributed by atoms with E-state index < -0.39 is 28.9 Å². The minimum atomic E-state index is -4.44. The zero-order valence-corrected chi connectivity index (χ0v) is 14.0. The van der Waals surface area contributed by atoms with Crippen LogP contribution in [0.25, 0.3) is 0 Å². The summed E-state index contributed by atoms with van der Waals surface area (Å²) in [6, 6.07) is 5.65. The highest BCUT2D eigenvalue weighted by atomic mass is 19.4. The fraction of sp³-hybridized carbons (Fsp3) is 0.444. The molecule has 5 nitrogen and oxygen atoms in total. The van der Waals surface area contributed by atoms with Gasteiger partial charge < -0.3 is 5.11 Å². The number of hydrogen-bond acceptors (Lipinski definition) is 3. The van der Waals surface area contributed by atoms with Crippen LogP contribution in [0.1, 0.15) is 42.9 Å². The Kier molecular flexibility index (Phi) is 4.93. The second-order valence-corrected chi connectivity index (χ2v) is 6.53. The van der Waals surface area contributed by atoms with E-state index in [9.17, 15) is 27.9 Å². The smallest absolute Gasteiger partial charge is 0.416 e. The first-order chi connectivity index (χ1) is 12.3. The van der Waals surface area contributed by atoms with Crippen molar-refractivity contribution < 1.29 is 18.3 Å². The monoisotopic (exact) mass is 368 g/mol. The van der Waals surface area contributed by atoms with Crippen molar-refractivity contribution in [2.24, 2.45) is 0 Å². The van der Waals surface area contributed by atoms with Crippen LogP contribution in [-0.4, -0.2) is 14.2 Å². The highest BCUT2D eigenvalue weighted by Gasteiger charge is 2.30. The molecule has 0 radical (unpaired) electrons. The Morgan fingerprint density at radius 1 is 1.12 bits per heavy atom. The van der Waals surface area contributed by atoms with Gasteiger partial charge in [-0.25, -0.2) is 4.79 Å². The van der Waals surface area contributed by atoms with Crippen LogP contribution >= 0.6 is 0 Å². The highest BCUT2D eigenvalue weighted by Crippen LogP contribution is 2.30. The number of alkyl halides is 3. The van der Waals surface area contributed by atoms with E-state index >= 15 is 0 Å². The summed E-state index contributed by atoms with van der Waals surface area (Å²) in [4.78, 5) is 24.7. The quantitative estimate of drug-likeness (QED) is 0.902. The Hall–Kier alpha value is -2.51. The molecule has 1 saturated carbocycles. The first-order valence-electron chi connectivity index (χ1n) is 8.49. The number of benzene rings is 1. The summed E-state index contributed by atoms with van der Waals surface area (Å²) < 4.78 is 40.6. The maximum absolute atomic E-state index is 12.8. The predicted octanol–water partition coefficient (Wildman–Crippen LogP) is 3.09. The second kappa shape index (κ2) is 7.01. The van der Waals surface area contributed by atoms with Crippen LogP contribution in [0.3, 0.4) is 0 Å². The number of halogens is 3. The van der Waals surface area contributed by atoms with Gasteiger partial charge in [0.1, 0.15) is 0 Å². The third-order valence-electron chi connectivity index (χ3n) is 4.77. The summed E-state index contributed by atoms with van der Waals surface area (Å²) in [6.45, 7) is -0.0149. The Morgan fingerprint density at radius 3 is 2.46 bits per heavy atom. The normalized spacial score (nSPS) is 15.5. The van der Waals surface area contributed by atoms with Crippen molar-refractivity contribution in [3.05, 3.63) is 62.3 Å². The molecule has 0 amide bonds. The lowest BCUT2D eigenvalue weighted by atomic mass is 10.1. The molecule has 0 aliphatic heterocycles. The zero-order valence-electron chi connectivity index (χ0n) is 14.0. The lowest BCUT2D eigenvalue weighted by Gasteiger charge is -2.16. The minimum Gasteiger partial charge on any atom is -0.494 e. The molecule has 3 rings (SSSR count). The van der Waals surface area contributed by atoms with Gasteiger partial charge in [0.25, 0.3) is 5.56 Å². The van der Waals surface area contributed by atoms with E-state index in [0.29, 0.717) is 5.56 Å². The molecule has 1 aromatic carbocycles. The Morgan fingerprint density at radius 2 is 1.81 bits per heavy atom. The van der Waals surface area contributed by atoms with Crippen molar-refractivity contribution in [2.75, 3.05) is 0 Å². The first-order valence-corrected chi connectivity index (χ1v) is 8.49. The van der Waals surface area contributed by atoms with Gasteiger partial charge in [0.05, 0.1) is 11.6 Å². The van der Waals surface area contributed by atoms with Crippen LogP contribution in [-0.2, 0) is 19.1 Å². The Labute approximate surface area is 147 Å². The summed E-state index contributed by atoms with van der Waals surface area (Å²) in [5.74, 6) is -0.471. The fourth-order valence-electron chi connectivity index (χ4n) is 3.43. The van der Waals surface area contributed by atoms with Gasteiger partial charge in [0, 0.05) is 12.6 Å². The van der Waals surface area contributed by atoms with E-state index in [1.54, 1.807) is 0 Å². The van der Waals surface area contributed by atoms with Gasteiger partial charge in [0.15, 0.2) is 0 Å². The number of aryl methyl sites for hydroxylation is 1. The average molecular weight is 368 g/mol. The fourth-order valence-corrected chi connectivity index (χ4v) is 3.43. The molecule has 26 heavy (non-hydrogen) atoms. The number of aromatic hydroxyl groups is 1. The van der Waals surface area contributed by atoms with E-state index in [4.69, 9.17) is 0 Å². The average Bonchev–Trinajstić information content (AvgIpc) is 3.08. The molecule has 0 spiro atoms. The van der Waals surface area contributed by atoms with Gasteiger partial charge >= 0.3 is 11.9 Å². The molecule has 1 aliphatic carbocycles. The molecule has 2 aromatic rings. The third-order valence-corrected chi connectivity index (χ3v) is 4.77. The third kappa shape index (κ3) is 3.68. The summed E-state index contributed by atoms with van der Waals surface area (Å²) >= 11 is 0. The number of aromatic nitrogens is 2. The van der Waals surface area contributed by atoms with E-state index in [2.05, 4.69) is 0 Å². The van der Waals surface area contributed by atoms with Gasteiger partial charge in [-0.15, -0.1) is 0 Å². The molecule has 0 bridgehead atoms. The lowest BCUT2D eigenvalue weighted by Crippen LogP contribution is -2.41. The van der Waals surface area contributed by atoms with Gasteiger partial charge in [-0.1, -0.05) is 31.0 Å². The molecule has 0 atom stereocenters. The maximum atomic E-state index is 12.8. The van der Waals surface area contributed by atoms with Crippen LogP contribution in [0.4, 0.5) is 13.2 Å². The topological polar surface area (TPSA) is 64.2 Å². The summed E-state index contributed by atoms with van der Waals surface area (Å²) in [5.41, 5.74) is -1.53. The van der Waals surface area contributed by atoms with Gasteiger partial charge in [0.2, 0.25) is 5.88 Å². The van der Waals surface area contributed by atoms with Gasteiger partial charge in [-0.3, -0.25) is 13.9 Å². The molecule has 1 aromatic heterocycles. The minimum absolute atomic E-state index is 0.0149. The Bertz CT molecular complexity index is 909. The number of nitrogens with zero attached hydrogens (tertiary/aromatic N) is 2. The van der Waals surface area contributed by atoms with Gasteiger partial charge in [-0.2, -0.15) is 13.2 Å². The first kappa shape index (κ1) is 18.3. The summed E-state index contributed by atoms with van der Waals surface area (Å²) in [7, 11) is 0. The van der Waals surface area contributed by atoms with Crippen molar-refractivity contribution in [3.8, 4) is 5.88 Å². The van der Waals surface area contributed by atoms with Crippen LogP contribution in [0.2, 0.25) is 0 Å². The molecule has 1 aliphatic rings. The maximum Gasteiger partial charge on any atom is 0.416 e. The van der Waals surface area contributed by atoms with Crippen LogP contribution in [0.15, 0.2) is 39.9 Å².